The first-order valence-corrected chi connectivity index (χ1v) is 7.09. The molecule has 112 valence electrons. The molecule has 0 aliphatic carbocycles. The number of hydrogen-bond donors (Lipinski definition) is 1. The van der Waals surface area contributed by atoms with Crippen molar-refractivity contribution in [3.8, 4) is 5.75 Å². The van der Waals surface area contributed by atoms with Gasteiger partial charge in [0.25, 0.3) is 0 Å². The molecule has 1 aromatic rings. The highest BCUT2D eigenvalue weighted by Gasteiger charge is 2.18. The molecule has 1 aromatic carbocycles. The first-order chi connectivity index (χ1) is 9.72. The molecule has 1 unspecified atom stereocenters. The predicted molar refractivity (Wildman–Crippen MR) is 81.5 cm³/mol. The molecular weight excluding hydrogens is 254 g/mol. The Labute approximate surface area is 121 Å². The zero-order chi connectivity index (χ0) is 14.4. The third-order valence-electron chi connectivity index (χ3n) is 3.68. The van der Waals surface area contributed by atoms with E-state index in [1.807, 2.05) is 12.1 Å². The van der Waals surface area contributed by atoms with Crippen molar-refractivity contribution in [1.82, 2.24) is 4.90 Å². The summed E-state index contributed by atoms with van der Waals surface area (Å²) < 4.78 is 10.3. The maximum absolute atomic E-state index is 6.00. The maximum atomic E-state index is 6.00. The molecule has 0 amide bonds. The number of anilines is 1. The van der Waals surface area contributed by atoms with E-state index in [1.54, 1.807) is 14.2 Å². The Morgan fingerprint density at radius 2 is 1.75 bits per heavy atom. The van der Waals surface area contributed by atoms with Gasteiger partial charge in [-0.25, -0.2) is 0 Å². The summed E-state index contributed by atoms with van der Waals surface area (Å²) in [6.07, 6.45) is 0. The number of hydrogen-bond acceptors (Lipinski definition) is 5. The summed E-state index contributed by atoms with van der Waals surface area (Å²) in [6.45, 7) is 5.69. The van der Waals surface area contributed by atoms with Gasteiger partial charge in [0.2, 0.25) is 0 Å². The normalized spacial score (nSPS) is 18.1. The van der Waals surface area contributed by atoms with Gasteiger partial charge in [0.15, 0.2) is 0 Å². The molecular formula is C15H25N3O2. The van der Waals surface area contributed by atoms with E-state index in [0.29, 0.717) is 6.61 Å². The summed E-state index contributed by atoms with van der Waals surface area (Å²) >= 11 is 0. The van der Waals surface area contributed by atoms with E-state index in [0.717, 1.165) is 38.5 Å². The van der Waals surface area contributed by atoms with Crippen molar-refractivity contribution < 1.29 is 9.47 Å². The number of rotatable bonds is 6. The van der Waals surface area contributed by atoms with E-state index in [1.165, 1.54) is 5.69 Å². The number of benzene rings is 1. The second-order valence-corrected chi connectivity index (χ2v) is 5.20. The van der Waals surface area contributed by atoms with Crippen LogP contribution in [0.2, 0.25) is 0 Å². The molecule has 1 heterocycles. The van der Waals surface area contributed by atoms with Gasteiger partial charge in [0.05, 0.1) is 13.7 Å². The Bertz CT molecular complexity index is 389. The Morgan fingerprint density at radius 1 is 1.10 bits per heavy atom. The molecule has 0 spiro atoms. The Kier molecular flexibility index (Phi) is 5.64. The summed E-state index contributed by atoms with van der Waals surface area (Å²) in [4.78, 5) is 4.81. The fourth-order valence-electron chi connectivity index (χ4n) is 2.58. The quantitative estimate of drug-likeness (QED) is 0.834. The van der Waals surface area contributed by atoms with Crippen LogP contribution in [0.25, 0.3) is 0 Å². The average Bonchev–Trinajstić information content (AvgIpc) is 2.48. The largest absolute Gasteiger partial charge is 0.497 e. The number of piperazine rings is 1. The topological polar surface area (TPSA) is 51.0 Å². The van der Waals surface area contributed by atoms with Crippen LogP contribution in [0, 0.1) is 0 Å². The van der Waals surface area contributed by atoms with Crippen molar-refractivity contribution in [1.29, 1.82) is 0 Å². The van der Waals surface area contributed by atoms with Gasteiger partial charge < -0.3 is 20.1 Å². The van der Waals surface area contributed by atoms with Crippen LogP contribution in [-0.2, 0) is 4.74 Å². The number of ether oxygens (including phenoxy) is 2. The van der Waals surface area contributed by atoms with Crippen molar-refractivity contribution >= 4 is 5.69 Å². The second kappa shape index (κ2) is 7.47. The summed E-state index contributed by atoms with van der Waals surface area (Å²) in [5.41, 5.74) is 7.25. The smallest absolute Gasteiger partial charge is 0.119 e. The molecule has 2 N–H and O–H groups in total. The second-order valence-electron chi connectivity index (χ2n) is 5.20. The first kappa shape index (κ1) is 15.1. The molecule has 1 saturated heterocycles. The minimum absolute atomic E-state index is 0.104. The van der Waals surface area contributed by atoms with Crippen LogP contribution >= 0.6 is 0 Å². The van der Waals surface area contributed by atoms with E-state index in [9.17, 15) is 0 Å². The average molecular weight is 279 g/mol. The fourth-order valence-corrected chi connectivity index (χ4v) is 2.58. The van der Waals surface area contributed by atoms with E-state index >= 15 is 0 Å². The number of nitrogens with zero attached hydrogens (tertiary/aromatic N) is 2. The van der Waals surface area contributed by atoms with Gasteiger partial charge in [-0.15, -0.1) is 0 Å². The minimum atomic E-state index is 0.104. The van der Waals surface area contributed by atoms with E-state index in [4.69, 9.17) is 15.2 Å². The lowest BCUT2D eigenvalue weighted by atomic mass is 10.2. The third kappa shape index (κ3) is 4.10. The maximum Gasteiger partial charge on any atom is 0.119 e. The van der Waals surface area contributed by atoms with Crippen LogP contribution in [-0.4, -0.2) is 64.5 Å². The molecule has 0 aromatic heterocycles. The molecule has 0 radical (unpaired) electrons. The molecule has 1 aliphatic rings. The van der Waals surface area contributed by atoms with Gasteiger partial charge in [0.1, 0.15) is 5.75 Å². The standard InChI is InChI=1S/C15H25N3O2/c1-19-12-13(16)11-17-7-9-18(10-8-17)14-3-5-15(20-2)6-4-14/h3-6,13H,7-12,16H2,1-2H3. The van der Waals surface area contributed by atoms with Crippen LogP contribution in [0.1, 0.15) is 0 Å². The summed E-state index contributed by atoms with van der Waals surface area (Å²) in [7, 11) is 3.39. The summed E-state index contributed by atoms with van der Waals surface area (Å²) in [5.74, 6) is 0.901. The lowest BCUT2D eigenvalue weighted by Crippen LogP contribution is -2.50. The number of methoxy groups -OCH3 is 2. The zero-order valence-corrected chi connectivity index (χ0v) is 12.4. The van der Waals surface area contributed by atoms with Gasteiger partial charge >= 0.3 is 0 Å². The Balaban J connectivity index is 1.81. The van der Waals surface area contributed by atoms with E-state index in [-0.39, 0.29) is 6.04 Å². The van der Waals surface area contributed by atoms with Gasteiger partial charge in [-0.2, -0.15) is 0 Å². The highest BCUT2D eigenvalue weighted by Crippen LogP contribution is 2.20. The van der Waals surface area contributed by atoms with Crippen LogP contribution in [0.5, 0.6) is 5.75 Å². The van der Waals surface area contributed by atoms with Crippen LogP contribution in [0.4, 0.5) is 5.69 Å². The summed E-state index contributed by atoms with van der Waals surface area (Å²) in [5, 5.41) is 0. The lowest BCUT2D eigenvalue weighted by Gasteiger charge is -2.37. The molecule has 20 heavy (non-hydrogen) atoms. The zero-order valence-electron chi connectivity index (χ0n) is 12.4. The van der Waals surface area contributed by atoms with Gasteiger partial charge in [-0.1, -0.05) is 0 Å². The van der Waals surface area contributed by atoms with Crippen LogP contribution < -0.4 is 15.4 Å². The molecule has 5 nitrogen and oxygen atoms in total. The van der Waals surface area contributed by atoms with Crippen molar-refractivity contribution in [2.24, 2.45) is 5.73 Å². The van der Waals surface area contributed by atoms with Gasteiger partial charge in [-0.3, -0.25) is 4.90 Å². The minimum Gasteiger partial charge on any atom is -0.497 e. The van der Waals surface area contributed by atoms with E-state index in [2.05, 4.69) is 21.9 Å². The highest BCUT2D eigenvalue weighted by atomic mass is 16.5. The Hall–Kier alpha value is -1.30. The van der Waals surface area contributed by atoms with Gasteiger partial charge in [0, 0.05) is 51.6 Å². The molecule has 0 bridgehead atoms. The molecule has 1 aliphatic heterocycles. The van der Waals surface area contributed by atoms with Crippen molar-refractivity contribution in [2.75, 3.05) is 58.5 Å². The van der Waals surface area contributed by atoms with Gasteiger partial charge in [-0.05, 0) is 24.3 Å². The molecule has 1 fully saturated rings. The van der Waals surface area contributed by atoms with Crippen LogP contribution in [0.3, 0.4) is 0 Å². The first-order valence-electron chi connectivity index (χ1n) is 7.09. The molecule has 2 rings (SSSR count). The fraction of sp³-hybridized carbons (Fsp3) is 0.600. The summed E-state index contributed by atoms with van der Waals surface area (Å²) in [6, 6.07) is 8.36. The lowest BCUT2D eigenvalue weighted by molar-refractivity contribution is 0.150. The highest BCUT2D eigenvalue weighted by molar-refractivity contribution is 5.49. The third-order valence-corrected chi connectivity index (χ3v) is 3.68. The Morgan fingerprint density at radius 3 is 2.30 bits per heavy atom. The molecule has 1 atom stereocenters. The van der Waals surface area contributed by atoms with Crippen LogP contribution in [0.15, 0.2) is 24.3 Å². The monoisotopic (exact) mass is 279 g/mol. The van der Waals surface area contributed by atoms with E-state index < -0.39 is 0 Å². The van der Waals surface area contributed by atoms with Crippen molar-refractivity contribution in [3.63, 3.8) is 0 Å². The van der Waals surface area contributed by atoms with Crippen molar-refractivity contribution in [2.45, 2.75) is 6.04 Å². The molecule has 5 heteroatoms. The predicted octanol–water partition coefficient (Wildman–Crippen LogP) is 0.791. The SMILES string of the molecule is COCC(N)CN1CCN(c2ccc(OC)cc2)CC1. The van der Waals surface area contributed by atoms with Crippen molar-refractivity contribution in [3.05, 3.63) is 24.3 Å². The molecule has 0 saturated carbocycles. The number of nitrogens with two attached hydrogens (primary N) is 1.